The monoisotopic (exact) mass is 1070 g/mol. The van der Waals surface area contributed by atoms with E-state index in [4.69, 9.17) is 29.0 Å². The van der Waals surface area contributed by atoms with Crippen LogP contribution < -0.4 is 0 Å². The molecule has 6 nitrogen and oxygen atoms in total. The molecule has 392 valence electrons. The van der Waals surface area contributed by atoms with E-state index >= 15 is 0 Å². The molecule has 0 amide bonds. The molecular formula is C69H71N3O3Si3. The molecule has 0 saturated carbocycles. The highest BCUT2D eigenvalue weighted by molar-refractivity contribution is 6.74. The summed E-state index contributed by atoms with van der Waals surface area (Å²) in [5.41, 5.74) is 12.8. The van der Waals surface area contributed by atoms with E-state index in [1.807, 2.05) is 6.92 Å². The second kappa shape index (κ2) is 27.9. The molecule has 0 atom stereocenters. The molecule has 0 aromatic heterocycles. The molecule has 9 aromatic rings. The van der Waals surface area contributed by atoms with Gasteiger partial charge in [0.1, 0.15) is 11.4 Å². The number of rotatable bonds is 27. The Morgan fingerprint density at radius 2 is 0.449 bits per heavy atom. The molecule has 0 aliphatic heterocycles. The van der Waals surface area contributed by atoms with Crippen molar-refractivity contribution in [3.63, 3.8) is 0 Å². The molecule has 0 saturated heterocycles. The van der Waals surface area contributed by atoms with Crippen molar-refractivity contribution in [3.05, 3.63) is 323 Å². The fourth-order valence-corrected chi connectivity index (χ4v) is 22.1. The molecule has 0 fully saturated rings. The molecule has 9 heteroatoms. The van der Waals surface area contributed by atoms with Gasteiger partial charge in [-0.3, -0.25) is 0 Å². The Bertz CT molecular complexity index is 2960. The van der Waals surface area contributed by atoms with Gasteiger partial charge in [0, 0.05) is 54.4 Å². The maximum Gasteiger partial charge on any atom is 0.300 e. The van der Waals surface area contributed by atoms with Crippen LogP contribution in [0.3, 0.4) is 0 Å². The summed E-state index contributed by atoms with van der Waals surface area (Å²) in [7, 11) is -8.78. The zero-order valence-corrected chi connectivity index (χ0v) is 48.1. The molecular weight excluding hydrogens is 1000 g/mol. The minimum atomic E-state index is -2.97. The molecule has 0 aliphatic carbocycles. The molecule has 9 rings (SSSR count). The van der Waals surface area contributed by atoms with Crippen LogP contribution in [0.15, 0.2) is 288 Å². The van der Waals surface area contributed by atoms with Gasteiger partial charge in [-0.05, 0) is 63.4 Å². The normalized spacial score (nSPS) is 12.5. The lowest BCUT2D eigenvalue weighted by Gasteiger charge is -2.31. The number of hydrogen-bond acceptors (Lipinski definition) is 6. The molecule has 0 radical (unpaired) electrons. The lowest BCUT2D eigenvalue weighted by molar-refractivity contribution is 0.309. The van der Waals surface area contributed by atoms with Crippen LogP contribution in [0.5, 0.6) is 0 Å². The van der Waals surface area contributed by atoms with Crippen molar-refractivity contribution in [3.8, 4) is 0 Å². The zero-order chi connectivity index (χ0) is 53.6. The quantitative estimate of drug-likeness (QED) is 0.0293. The number of hydrogen-bond donors (Lipinski definition) is 0. The Balaban J connectivity index is 1.21. The smallest absolute Gasteiger partial charge is 0.300 e. The predicted molar refractivity (Wildman–Crippen MR) is 330 cm³/mol. The van der Waals surface area contributed by atoms with Crippen LogP contribution in [-0.2, 0) is 68.0 Å². The van der Waals surface area contributed by atoms with Gasteiger partial charge in [0.2, 0.25) is 0 Å². The second-order valence-electron chi connectivity index (χ2n) is 20.8. The molecule has 0 aliphatic rings. The Kier molecular flexibility index (Phi) is 19.6. The van der Waals surface area contributed by atoms with Crippen LogP contribution in [-0.4, -0.2) is 42.1 Å². The van der Waals surface area contributed by atoms with E-state index in [1.54, 1.807) is 0 Å². The van der Waals surface area contributed by atoms with E-state index in [-0.39, 0.29) is 0 Å². The molecule has 0 N–H and O–H groups in total. The van der Waals surface area contributed by atoms with Gasteiger partial charge in [0.25, 0.3) is 25.0 Å². The van der Waals surface area contributed by atoms with E-state index in [0.29, 0.717) is 23.6 Å². The average molecular weight is 1070 g/mol. The molecule has 0 unspecified atom stereocenters. The summed E-state index contributed by atoms with van der Waals surface area (Å²) in [4.78, 5) is 0. The van der Waals surface area contributed by atoms with Crippen molar-refractivity contribution in [2.45, 2.75) is 74.7 Å². The summed E-state index contributed by atoms with van der Waals surface area (Å²) in [6, 6.07) is 103. The van der Waals surface area contributed by atoms with E-state index in [9.17, 15) is 0 Å². The fraction of sp³-hybridized carbons (Fsp3) is 0.174. The third kappa shape index (κ3) is 16.3. The summed E-state index contributed by atoms with van der Waals surface area (Å²) >= 11 is 0. The van der Waals surface area contributed by atoms with Crippen molar-refractivity contribution in [2.75, 3.05) is 0 Å². The largest absolute Gasteiger partial charge is 0.454 e. The highest BCUT2D eigenvalue weighted by atomic mass is 28.4. The van der Waals surface area contributed by atoms with E-state index in [2.05, 4.69) is 280 Å². The summed E-state index contributed by atoms with van der Waals surface area (Å²) in [5.74, 6) is 0. The molecule has 78 heavy (non-hydrogen) atoms. The van der Waals surface area contributed by atoms with Gasteiger partial charge in [-0.2, -0.15) is 0 Å². The number of oxime groups is 3. The average Bonchev–Trinajstić information content (AvgIpc) is 3.50. The maximum absolute atomic E-state index is 7.52. The van der Waals surface area contributed by atoms with Crippen molar-refractivity contribution < 1.29 is 13.6 Å². The minimum Gasteiger partial charge on any atom is -0.454 e. The first-order chi connectivity index (χ1) is 38.3. The highest BCUT2D eigenvalue weighted by Crippen LogP contribution is 2.29. The Hall–Kier alpha value is -7.96. The van der Waals surface area contributed by atoms with Crippen LogP contribution in [0.4, 0.5) is 0 Å². The molecule has 0 spiro atoms. The van der Waals surface area contributed by atoms with Gasteiger partial charge in [0.15, 0.2) is 5.71 Å². The van der Waals surface area contributed by atoms with Gasteiger partial charge in [-0.1, -0.05) is 285 Å². The van der Waals surface area contributed by atoms with Gasteiger partial charge >= 0.3 is 0 Å². The summed E-state index contributed by atoms with van der Waals surface area (Å²) in [6.45, 7) is 4.14. The third-order valence-corrected chi connectivity index (χ3v) is 25.2. The van der Waals surface area contributed by atoms with Crippen LogP contribution in [0.2, 0.25) is 0 Å². The molecule has 0 bridgehead atoms. The first-order valence-electron chi connectivity index (χ1n) is 27.5. The van der Waals surface area contributed by atoms with Crippen LogP contribution in [0, 0.1) is 0 Å². The van der Waals surface area contributed by atoms with Crippen molar-refractivity contribution in [2.24, 2.45) is 15.5 Å². The van der Waals surface area contributed by atoms with Crippen molar-refractivity contribution in [1.82, 2.24) is 0 Å². The van der Waals surface area contributed by atoms with Gasteiger partial charge in [-0.15, -0.1) is 10.3 Å². The lowest BCUT2D eigenvalue weighted by Crippen LogP contribution is -2.47. The molecule has 0 heterocycles. The molecule has 9 aromatic carbocycles. The number of nitrogens with zero attached hydrogens (tertiary/aromatic N) is 3. The maximum atomic E-state index is 7.52. The summed E-state index contributed by atoms with van der Waals surface area (Å²) in [6.07, 6.45) is 0.507. The predicted octanol–water partition coefficient (Wildman–Crippen LogP) is 15.4. The second-order valence-corrected chi connectivity index (χ2v) is 31.6. The zero-order valence-electron chi connectivity index (χ0n) is 45.1. The number of benzene rings is 9. The van der Waals surface area contributed by atoms with Crippen molar-refractivity contribution >= 4 is 42.1 Å². The summed E-state index contributed by atoms with van der Waals surface area (Å²) in [5, 5.41) is 16.1. The fourth-order valence-electron chi connectivity index (χ4n) is 10.7. The lowest BCUT2D eigenvalue weighted by atomic mass is 10.1. The van der Waals surface area contributed by atoms with Gasteiger partial charge < -0.3 is 13.6 Å². The third-order valence-electron chi connectivity index (χ3n) is 14.3. The van der Waals surface area contributed by atoms with Crippen molar-refractivity contribution in [1.29, 1.82) is 0 Å². The van der Waals surface area contributed by atoms with E-state index in [1.165, 1.54) is 50.1 Å². The standard InChI is InChI=1S/C69H71N3O3Si3/c1-3-68(71-74-77(52-62-37-19-7-20-38-62,53-63-39-21-8-22-40-63)54-64-41-23-9-24-42-64)69(72-75-78(55-65-43-25-10-26-44-65,56-66-45-27-11-28-46-66)57-67-47-29-12-30-48-67)58(2)70-73-76(49-59-31-13-4-14-32-59,50-60-33-15-5-16-34-60)51-61-35-17-6-18-36-61/h4-48H,3,49-57H2,1-2H3/b70-58+,71-68+,72-69-. The minimum absolute atomic E-state index is 0.507. The Morgan fingerprint density at radius 3 is 0.641 bits per heavy atom. The highest BCUT2D eigenvalue weighted by Gasteiger charge is 2.42. The SMILES string of the molecule is CCC(=N\O[Si](Cc1ccccc1)(Cc1ccccc1)Cc1ccccc1)/C(=N\O[Si](Cc1ccccc1)(Cc1ccccc1)Cc1ccccc1)C(/C)=N/O[Si](Cc1ccccc1)(Cc1ccccc1)Cc1ccccc1. The summed E-state index contributed by atoms with van der Waals surface area (Å²) < 4.78 is 22.4. The Morgan fingerprint density at radius 1 is 0.269 bits per heavy atom. The topological polar surface area (TPSA) is 64.8 Å². The van der Waals surface area contributed by atoms with E-state index in [0.717, 1.165) is 54.4 Å². The van der Waals surface area contributed by atoms with Gasteiger partial charge in [-0.25, -0.2) is 0 Å². The van der Waals surface area contributed by atoms with Gasteiger partial charge in [0.05, 0.1) is 0 Å². The van der Waals surface area contributed by atoms with Crippen LogP contribution in [0.25, 0.3) is 0 Å². The van der Waals surface area contributed by atoms with E-state index < -0.39 is 25.0 Å². The van der Waals surface area contributed by atoms with Crippen LogP contribution in [0.1, 0.15) is 70.3 Å². The first kappa shape index (κ1) is 54.8. The van der Waals surface area contributed by atoms with Crippen LogP contribution >= 0.6 is 0 Å². The Labute approximate surface area is 466 Å². The first-order valence-corrected chi connectivity index (χ1v) is 35.0.